The molecule has 3 aromatic rings. The lowest BCUT2D eigenvalue weighted by molar-refractivity contribution is 0.104. The first-order valence-corrected chi connectivity index (χ1v) is 9.13. The lowest BCUT2D eigenvalue weighted by atomic mass is 10.1. The number of hydrogen-bond donors (Lipinski definition) is 0. The van der Waals surface area contributed by atoms with Crippen molar-refractivity contribution in [3.05, 3.63) is 105 Å². The molecule has 1 nitrogen and oxygen atoms in total. The lowest BCUT2D eigenvalue weighted by Crippen LogP contribution is -2.00. The molecular weight excluding hydrogens is 348 g/mol. The second-order valence-corrected chi connectivity index (χ2v) is 7.22. The molecule has 0 unspecified atom stereocenters. The van der Waals surface area contributed by atoms with Crippen molar-refractivity contribution in [2.24, 2.45) is 0 Å². The Morgan fingerprint density at radius 1 is 0.880 bits per heavy atom. The van der Waals surface area contributed by atoms with Gasteiger partial charge in [-0.3, -0.25) is 4.79 Å². The summed E-state index contributed by atoms with van der Waals surface area (Å²) < 4.78 is 0. The van der Waals surface area contributed by atoms with Crippen LogP contribution in [0.25, 0.3) is 6.08 Å². The Bertz CT molecular complexity index is 882. The van der Waals surface area contributed by atoms with E-state index in [9.17, 15) is 4.79 Å². The van der Waals surface area contributed by atoms with Crippen LogP contribution in [0.15, 0.2) is 88.7 Å². The van der Waals surface area contributed by atoms with E-state index in [2.05, 4.69) is 12.1 Å². The molecule has 124 valence electrons. The van der Waals surface area contributed by atoms with Crippen LogP contribution in [0, 0.1) is 6.92 Å². The summed E-state index contributed by atoms with van der Waals surface area (Å²) in [5.41, 5.74) is 2.83. The second kappa shape index (κ2) is 8.19. The molecule has 0 aliphatic rings. The number of ketones is 1. The van der Waals surface area contributed by atoms with E-state index in [0.717, 1.165) is 10.5 Å². The van der Waals surface area contributed by atoms with E-state index in [4.69, 9.17) is 11.6 Å². The summed E-state index contributed by atoms with van der Waals surface area (Å²) >= 11 is 7.42. The molecule has 0 fully saturated rings. The minimum atomic E-state index is -0.00825. The van der Waals surface area contributed by atoms with Gasteiger partial charge in [-0.25, -0.2) is 0 Å². The summed E-state index contributed by atoms with van der Waals surface area (Å²) in [5.74, 6) is -0.00825. The zero-order valence-corrected chi connectivity index (χ0v) is 15.3. The molecular formula is C22H17ClOS. The number of rotatable bonds is 5. The summed E-state index contributed by atoms with van der Waals surface area (Å²) in [6.45, 7) is 2.05. The molecule has 0 aliphatic heterocycles. The van der Waals surface area contributed by atoms with Gasteiger partial charge in [0.05, 0.1) is 4.91 Å². The number of thioether (sulfide) groups is 1. The minimum absolute atomic E-state index is 0.00825. The molecule has 0 saturated carbocycles. The Balaban J connectivity index is 1.96. The van der Waals surface area contributed by atoms with E-state index < -0.39 is 0 Å². The first-order chi connectivity index (χ1) is 12.1. The van der Waals surface area contributed by atoms with Gasteiger partial charge in [0, 0.05) is 15.5 Å². The molecule has 0 aliphatic carbocycles. The van der Waals surface area contributed by atoms with Crippen molar-refractivity contribution in [2.45, 2.75) is 11.8 Å². The maximum atomic E-state index is 13.0. The normalized spacial score (nSPS) is 11.4. The minimum Gasteiger partial charge on any atom is -0.288 e. The van der Waals surface area contributed by atoms with Gasteiger partial charge in [-0.05, 0) is 55.0 Å². The number of hydrogen-bond acceptors (Lipinski definition) is 2. The van der Waals surface area contributed by atoms with Crippen LogP contribution in [0.1, 0.15) is 21.5 Å². The van der Waals surface area contributed by atoms with Crippen LogP contribution >= 0.6 is 23.4 Å². The Hall–Kier alpha value is -2.29. The molecule has 0 heterocycles. The summed E-state index contributed by atoms with van der Waals surface area (Å²) in [6, 6.07) is 25.1. The third kappa shape index (κ3) is 4.85. The molecule has 0 spiro atoms. The monoisotopic (exact) mass is 364 g/mol. The largest absolute Gasteiger partial charge is 0.288 e. The van der Waals surface area contributed by atoms with E-state index in [1.807, 2.05) is 55.5 Å². The average molecular weight is 365 g/mol. The summed E-state index contributed by atoms with van der Waals surface area (Å²) in [7, 11) is 0. The smallest absolute Gasteiger partial charge is 0.199 e. The first-order valence-electron chi connectivity index (χ1n) is 7.93. The standard InChI is InChI=1S/C22H17ClOS/c1-16-7-13-20(14-8-16)25-21(15-17-5-3-2-4-6-17)22(24)18-9-11-19(23)12-10-18/h2-15H,1H3/b21-15-. The molecule has 0 bridgehead atoms. The molecule has 25 heavy (non-hydrogen) atoms. The SMILES string of the molecule is Cc1ccc(S/C(=C\c2ccccc2)C(=O)c2ccc(Cl)cc2)cc1. The van der Waals surface area contributed by atoms with E-state index in [0.29, 0.717) is 15.5 Å². The molecule has 0 amide bonds. The number of allylic oxidation sites excluding steroid dienone is 1. The maximum absolute atomic E-state index is 13.0. The number of benzene rings is 3. The molecule has 0 atom stereocenters. The summed E-state index contributed by atoms with van der Waals surface area (Å²) in [4.78, 5) is 14.7. The maximum Gasteiger partial charge on any atom is 0.199 e. The predicted molar refractivity (Wildman–Crippen MR) is 107 cm³/mol. The molecule has 3 rings (SSSR count). The van der Waals surface area contributed by atoms with Crippen molar-refractivity contribution < 1.29 is 4.79 Å². The van der Waals surface area contributed by atoms with Crippen LogP contribution in [-0.4, -0.2) is 5.78 Å². The third-order valence-electron chi connectivity index (χ3n) is 3.68. The number of carbonyl (C=O) groups excluding carboxylic acids is 1. The molecule has 0 aromatic heterocycles. The van der Waals surface area contributed by atoms with Crippen molar-refractivity contribution in [1.29, 1.82) is 0 Å². The highest BCUT2D eigenvalue weighted by Gasteiger charge is 2.14. The highest BCUT2D eigenvalue weighted by atomic mass is 35.5. The van der Waals surface area contributed by atoms with E-state index in [-0.39, 0.29) is 5.78 Å². The zero-order valence-electron chi connectivity index (χ0n) is 13.8. The fraction of sp³-hybridized carbons (Fsp3) is 0.0455. The van der Waals surface area contributed by atoms with Gasteiger partial charge in [-0.1, -0.05) is 71.4 Å². The molecule has 0 N–H and O–H groups in total. The Morgan fingerprint density at radius 3 is 2.16 bits per heavy atom. The molecule has 0 radical (unpaired) electrons. The Labute approximate surface area is 157 Å². The van der Waals surface area contributed by atoms with Gasteiger partial charge in [0.1, 0.15) is 0 Å². The van der Waals surface area contributed by atoms with Crippen molar-refractivity contribution in [1.82, 2.24) is 0 Å². The van der Waals surface area contributed by atoms with Crippen molar-refractivity contribution in [3.63, 3.8) is 0 Å². The number of halogens is 1. The second-order valence-electron chi connectivity index (χ2n) is 5.67. The average Bonchev–Trinajstić information content (AvgIpc) is 2.64. The van der Waals surface area contributed by atoms with Crippen LogP contribution in [0.4, 0.5) is 0 Å². The topological polar surface area (TPSA) is 17.1 Å². The Morgan fingerprint density at radius 2 is 1.52 bits per heavy atom. The van der Waals surface area contributed by atoms with Gasteiger partial charge < -0.3 is 0 Å². The van der Waals surface area contributed by atoms with E-state index >= 15 is 0 Å². The predicted octanol–water partition coefficient (Wildman–Crippen LogP) is 6.66. The zero-order chi connectivity index (χ0) is 17.6. The number of aryl methyl sites for hydroxylation is 1. The highest BCUT2D eigenvalue weighted by Crippen LogP contribution is 2.31. The van der Waals surface area contributed by atoms with E-state index in [1.165, 1.54) is 17.3 Å². The van der Waals surface area contributed by atoms with Crippen LogP contribution < -0.4 is 0 Å². The molecule has 0 saturated heterocycles. The van der Waals surface area contributed by atoms with Crippen molar-refractivity contribution in [2.75, 3.05) is 0 Å². The summed E-state index contributed by atoms with van der Waals surface area (Å²) in [5, 5.41) is 0.622. The fourth-order valence-electron chi connectivity index (χ4n) is 2.32. The lowest BCUT2D eigenvalue weighted by Gasteiger charge is -2.08. The van der Waals surface area contributed by atoms with Gasteiger partial charge in [0.15, 0.2) is 5.78 Å². The third-order valence-corrected chi connectivity index (χ3v) is 4.96. The summed E-state index contributed by atoms with van der Waals surface area (Å²) in [6.07, 6.45) is 1.93. The van der Waals surface area contributed by atoms with Crippen LogP contribution in [-0.2, 0) is 0 Å². The highest BCUT2D eigenvalue weighted by molar-refractivity contribution is 8.04. The number of carbonyl (C=O) groups is 1. The van der Waals surface area contributed by atoms with Crippen LogP contribution in [0.5, 0.6) is 0 Å². The molecule has 3 heteroatoms. The van der Waals surface area contributed by atoms with Crippen molar-refractivity contribution in [3.8, 4) is 0 Å². The van der Waals surface area contributed by atoms with Gasteiger partial charge in [-0.2, -0.15) is 0 Å². The van der Waals surface area contributed by atoms with Crippen molar-refractivity contribution >= 4 is 35.2 Å². The first kappa shape index (κ1) is 17.5. The van der Waals surface area contributed by atoms with Gasteiger partial charge in [0.2, 0.25) is 0 Å². The van der Waals surface area contributed by atoms with Gasteiger partial charge in [-0.15, -0.1) is 0 Å². The number of Topliss-reactive ketones (excluding diaryl/α,β-unsaturated/α-hetero) is 1. The fourth-order valence-corrected chi connectivity index (χ4v) is 3.38. The van der Waals surface area contributed by atoms with Gasteiger partial charge >= 0.3 is 0 Å². The quantitative estimate of drug-likeness (QED) is 0.286. The molecule has 3 aromatic carbocycles. The van der Waals surface area contributed by atoms with Crippen LogP contribution in [0.3, 0.4) is 0 Å². The van der Waals surface area contributed by atoms with Gasteiger partial charge in [0.25, 0.3) is 0 Å². The Kier molecular flexibility index (Phi) is 5.75. The van der Waals surface area contributed by atoms with E-state index in [1.54, 1.807) is 24.3 Å². The van der Waals surface area contributed by atoms with Crippen LogP contribution in [0.2, 0.25) is 5.02 Å².